The number of aromatic nitrogens is 1. The van der Waals surface area contributed by atoms with Crippen molar-refractivity contribution in [2.75, 3.05) is 19.6 Å². The number of carbonyl (C=O) groups is 2. The van der Waals surface area contributed by atoms with Gasteiger partial charge in [0.1, 0.15) is 0 Å². The summed E-state index contributed by atoms with van der Waals surface area (Å²) < 4.78 is 0. The largest absolute Gasteiger partial charge is 0.481 e. The highest BCUT2D eigenvalue weighted by Gasteiger charge is 2.27. The number of nitrogens with zero attached hydrogens (tertiary/aromatic N) is 2. The van der Waals surface area contributed by atoms with E-state index in [0.29, 0.717) is 26.1 Å². The summed E-state index contributed by atoms with van der Waals surface area (Å²) in [7, 11) is 0. The Balaban J connectivity index is 1.79. The summed E-state index contributed by atoms with van der Waals surface area (Å²) in [5.74, 6) is -1.25. The van der Waals surface area contributed by atoms with E-state index >= 15 is 0 Å². The smallest absolute Gasteiger partial charge is 0.317 e. The minimum atomic E-state index is -0.816. The van der Waals surface area contributed by atoms with Crippen LogP contribution >= 0.6 is 11.3 Å². The van der Waals surface area contributed by atoms with Gasteiger partial charge in [-0.05, 0) is 26.7 Å². The Hall–Kier alpha value is -1.63. The average Bonchev–Trinajstić information content (AvgIpc) is 2.77. The minimum Gasteiger partial charge on any atom is -0.481 e. The van der Waals surface area contributed by atoms with E-state index in [-0.39, 0.29) is 6.03 Å². The Kier molecular flexibility index (Phi) is 5.17. The predicted octanol–water partition coefficient (Wildman–Crippen LogP) is 1.81. The van der Waals surface area contributed by atoms with Crippen molar-refractivity contribution in [2.45, 2.75) is 33.1 Å². The maximum atomic E-state index is 12.1. The summed E-state index contributed by atoms with van der Waals surface area (Å²) in [5, 5.41) is 12.9. The molecule has 2 heterocycles. The van der Waals surface area contributed by atoms with E-state index in [0.717, 1.165) is 23.5 Å². The van der Waals surface area contributed by atoms with Gasteiger partial charge in [-0.15, -0.1) is 11.3 Å². The number of amides is 2. The first-order valence-corrected chi connectivity index (χ1v) is 7.97. The molecule has 2 rings (SSSR count). The number of hydrogen-bond acceptors (Lipinski definition) is 4. The Bertz CT molecular complexity index is 530. The topological polar surface area (TPSA) is 82.5 Å². The van der Waals surface area contributed by atoms with E-state index in [9.17, 15) is 9.59 Å². The number of hydrogen-bond donors (Lipinski definition) is 2. The van der Waals surface area contributed by atoms with Crippen LogP contribution in [0.3, 0.4) is 0 Å². The molecule has 116 valence electrons. The number of piperidine rings is 1. The highest BCUT2D eigenvalue weighted by atomic mass is 32.1. The quantitative estimate of drug-likeness (QED) is 0.888. The summed E-state index contributed by atoms with van der Waals surface area (Å²) >= 11 is 1.65. The Morgan fingerprint density at radius 1 is 1.48 bits per heavy atom. The molecule has 0 spiro atoms. The summed E-state index contributed by atoms with van der Waals surface area (Å²) in [5.41, 5.74) is 1.02. The van der Waals surface area contributed by atoms with Crippen LogP contribution in [-0.2, 0) is 11.2 Å². The minimum absolute atomic E-state index is 0.167. The number of urea groups is 1. The molecule has 6 nitrogen and oxygen atoms in total. The molecule has 1 aromatic heterocycles. The van der Waals surface area contributed by atoms with Crippen molar-refractivity contribution in [3.05, 3.63) is 15.6 Å². The van der Waals surface area contributed by atoms with Crippen molar-refractivity contribution in [1.29, 1.82) is 0 Å². The molecule has 1 fully saturated rings. The molecule has 21 heavy (non-hydrogen) atoms. The van der Waals surface area contributed by atoms with Gasteiger partial charge in [0.15, 0.2) is 0 Å². The summed E-state index contributed by atoms with van der Waals surface area (Å²) in [6.07, 6.45) is 2.16. The van der Waals surface area contributed by atoms with E-state index in [1.54, 1.807) is 16.2 Å². The number of carbonyl (C=O) groups excluding carboxylic acids is 1. The van der Waals surface area contributed by atoms with Crippen LogP contribution in [0.4, 0.5) is 4.79 Å². The Morgan fingerprint density at radius 3 is 2.86 bits per heavy atom. The fourth-order valence-electron chi connectivity index (χ4n) is 2.56. The van der Waals surface area contributed by atoms with Gasteiger partial charge in [-0.25, -0.2) is 9.78 Å². The van der Waals surface area contributed by atoms with Gasteiger partial charge >= 0.3 is 12.0 Å². The number of rotatable bonds is 4. The number of carboxylic acid groups (broad SMARTS) is 1. The van der Waals surface area contributed by atoms with Gasteiger partial charge in [0.05, 0.1) is 16.6 Å². The van der Waals surface area contributed by atoms with Crippen molar-refractivity contribution >= 4 is 23.3 Å². The van der Waals surface area contributed by atoms with Crippen LogP contribution in [0.1, 0.15) is 28.4 Å². The van der Waals surface area contributed by atoms with Gasteiger partial charge in [0, 0.05) is 30.9 Å². The number of aliphatic carboxylic acids is 1. The number of aryl methyl sites for hydroxylation is 2. The molecule has 1 aliphatic heterocycles. The van der Waals surface area contributed by atoms with Crippen molar-refractivity contribution in [1.82, 2.24) is 15.2 Å². The molecule has 0 radical (unpaired) electrons. The fourth-order valence-corrected chi connectivity index (χ4v) is 3.50. The summed E-state index contributed by atoms with van der Waals surface area (Å²) in [6, 6.07) is -0.167. The van der Waals surface area contributed by atoms with Gasteiger partial charge < -0.3 is 15.3 Å². The first-order valence-electron chi connectivity index (χ1n) is 7.16. The summed E-state index contributed by atoms with van der Waals surface area (Å²) in [4.78, 5) is 30.2. The van der Waals surface area contributed by atoms with Crippen LogP contribution in [0.25, 0.3) is 0 Å². The maximum Gasteiger partial charge on any atom is 0.317 e. The lowest BCUT2D eigenvalue weighted by Gasteiger charge is -2.30. The number of nitrogens with one attached hydrogen (secondary N) is 1. The van der Waals surface area contributed by atoms with Crippen LogP contribution in [0.5, 0.6) is 0 Å². The van der Waals surface area contributed by atoms with Crippen LogP contribution < -0.4 is 5.32 Å². The second kappa shape index (κ2) is 6.89. The zero-order valence-corrected chi connectivity index (χ0v) is 13.2. The van der Waals surface area contributed by atoms with E-state index < -0.39 is 11.9 Å². The third-order valence-electron chi connectivity index (χ3n) is 3.69. The molecule has 1 saturated heterocycles. The SMILES string of the molecule is Cc1nc(C)c(CCNC(=O)N2CCCC(C(=O)O)C2)s1. The maximum absolute atomic E-state index is 12.1. The van der Waals surface area contributed by atoms with Gasteiger partial charge in [-0.1, -0.05) is 0 Å². The van der Waals surface area contributed by atoms with Crippen LogP contribution in [0.2, 0.25) is 0 Å². The highest BCUT2D eigenvalue weighted by Crippen LogP contribution is 2.18. The lowest BCUT2D eigenvalue weighted by Crippen LogP contribution is -2.47. The summed E-state index contributed by atoms with van der Waals surface area (Å²) in [6.45, 7) is 5.44. The standard InChI is InChI=1S/C14H21N3O3S/c1-9-12(21-10(2)16-9)5-6-15-14(20)17-7-3-4-11(8-17)13(18)19/h11H,3-8H2,1-2H3,(H,15,20)(H,18,19). The van der Waals surface area contributed by atoms with Crippen molar-refractivity contribution in [3.8, 4) is 0 Å². The fraction of sp³-hybridized carbons (Fsp3) is 0.643. The zero-order valence-electron chi connectivity index (χ0n) is 12.4. The van der Waals surface area contributed by atoms with Crippen molar-refractivity contribution < 1.29 is 14.7 Å². The molecule has 1 atom stereocenters. The van der Waals surface area contributed by atoms with Gasteiger partial charge in [-0.3, -0.25) is 4.79 Å². The first kappa shape index (κ1) is 15.8. The van der Waals surface area contributed by atoms with Crippen molar-refractivity contribution in [3.63, 3.8) is 0 Å². The number of carboxylic acids is 1. The van der Waals surface area contributed by atoms with Gasteiger partial charge in [0.2, 0.25) is 0 Å². The number of thiazole rings is 1. The van der Waals surface area contributed by atoms with E-state index in [2.05, 4.69) is 10.3 Å². The molecule has 1 unspecified atom stereocenters. The third-order valence-corrected chi connectivity index (χ3v) is 4.82. The van der Waals surface area contributed by atoms with E-state index in [1.165, 1.54) is 4.88 Å². The molecular weight excluding hydrogens is 290 g/mol. The number of likely N-dealkylation sites (tertiary alicyclic amines) is 1. The van der Waals surface area contributed by atoms with Crippen LogP contribution in [-0.4, -0.2) is 46.6 Å². The molecule has 2 N–H and O–H groups in total. The lowest BCUT2D eigenvalue weighted by atomic mass is 9.99. The molecule has 0 aliphatic carbocycles. The lowest BCUT2D eigenvalue weighted by molar-refractivity contribution is -0.143. The van der Waals surface area contributed by atoms with Crippen LogP contribution in [0.15, 0.2) is 0 Å². The van der Waals surface area contributed by atoms with Crippen molar-refractivity contribution in [2.24, 2.45) is 5.92 Å². The molecule has 0 saturated carbocycles. The normalized spacial score (nSPS) is 18.6. The Labute approximate surface area is 128 Å². The molecular formula is C14H21N3O3S. The first-order chi connectivity index (χ1) is 9.97. The molecule has 0 aromatic carbocycles. The monoisotopic (exact) mass is 311 g/mol. The zero-order chi connectivity index (χ0) is 15.4. The second-order valence-corrected chi connectivity index (χ2v) is 6.63. The molecule has 1 aliphatic rings. The average molecular weight is 311 g/mol. The third kappa shape index (κ3) is 4.17. The Morgan fingerprint density at radius 2 is 2.24 bits per heavy atom. The molecule has 0 bridgehead atoms. The van der Waals surface area contributed by atoms with Crippen LogP contribution in [0, 0.1) is 19.8 Å². The van der Waals surface area contributed by atoms with E-state index in [4.69, 9.17) is 5.11 Å². The van der Waals surface area contributed by atoms with Gasteiger partial charge in [0.25, 0.3) is 0 Å². The van der Waals surface area contributed by atoms with Gasteiger partial charge in [-0.2, -0.15) is 0 Å². The molecule has 7 heteroatoms. The molecule has 2 amide bonds. The second-order valence-electron chi connectivity index (χ2n) is 5.35. The highest BCUT2D eigenvalue weighted by molar-refractivity contribution is 7.11. The van der Waals surface area contributed by atoms with E-state index in [1.807, 2.05) is 13.8 Å². The predicted molar refractivity (Wildman–Crippen MR) is 80.6 cm³/mol. The molecule has 1 aromatic rings.